The summed E-state index contributed by atoms with van der Waals surface area (Å²) in [6.45, 7) is 13.9. The summed E-state index contributed by atoms with van der Waals surface area (Å²) in [7, 11) is 0. The number of nitrogens with zero attached hydrogens (tertiary/aromatic N) is 1. The highest BCUT2D eigenvalue weighted by Crippen LogP contribution is 2.24. The Morgan fingerprint density at radius 1 is 1.12 bits per heavy atom. The molecule has 0 saturated carbocycles. The molecule has 0 N–H and O–H groups in total. The number of aromatic nitrogens is 1. The van der Waals surface area contributed by atoms with Crippen LogP contribution >= 0.6 is 0 Å². The second-order valence-electron chi connectivity index (χ2n) is 6.44. The van der Waals surface area contributed by atoms with Crippen molar-refractivity contribution in [2.24, 2.45) is 5.41 Å². The Morgan fingerprint density at radius 2 is 1.76 bits per heavy atom. The van der Waals surface area contributed by atoms with Crippen LogP contribution in [0.5, 0.6) is 5.88 Å². The molecule has 0 aliphatic carbocycles. The van der Waals surface area contributed by atoms with Crippen LogP contribution < -0.4 is 4.74 Å². The Labute approximate surface area is 105 Å². The fourth-order valence-electron chi connectivity index (χ4n) is 1.28. The molecule has 0 aliphatic heterocycles. The van der Waals surface area contributed by atoms with E-state index in [1.165, 1.54) is 5.56 Å². The molecule has 0 atom stereocenters. The molecule has 1 aromatic heterocycles. The average molecular weight is 235 g/mol. The fraction of sp³-hybridized carbons (Fsp3) is 0.667. The smallest absolute Gasteiger partial charge is 0.213 e. The quantitative estimate of drug-likeness (QED) is 0.780. The SMILES string of the molecule is CCC(C)(C)COc1ccc(C(C)(C)C)cn1. The van der Waals surface area contributed by atoms with Gasteiger partial charge >= 0.3 is 0 Å². The maximum atomic E-state index is 5.72. The van der Waals surface area contributed by atoms with E-state index in [-0.39, 0.29) is 10.8 Å². The van der Waals surface area contributed by atoms with Crippen molar-refractivity contribution in [3.05, 3.63) is 23.9 Å². The van der Waals surface area contributed by atoms with Gasteiger partial charge in [0.15, 0.2) is 0 Å². The average Bonchev–Trinajstić information content (AvgIpc) is 2.26. The minimum Gasteiger partial charge on any atom is -0.477 e. The second kappa shape index (κ2) is 5.07. The zero-order valence-electron chi connectivity index (χ0n) is 12.0. The topological polar surface area (TPSA) is 22.1 Å². The third-order valence-electron chi connectivity index (χ3n) is 3.17. The molecule has 0 bridgehead atoms. The van der Waals surface area contributed by atoms with Crippen LogP contribution in [0.1, 0.15) is 53.5 Å². The van der Waals surface area contributed by atoms with E-state index in [0.29, 0.717) is 6.61 Å². The van der Waals surface area contributed by atoms with E-state index in [1.807, 2.05) is 12.3 Å². The lowest BCUT2D eigenvalue weighted by molar-refractivity contribution is 0.170. The molecule has 1 heterocycles. The standard InChI is InChI=1S/C15H25NO/c1-7-15(5,6)11-17-13-9-8-12(10-16-13)14(2,3)4/h8-10H,7,11H2,1-6H3. The second-order valence-corrected chi connectivity index (χ2v) is 6.44. The maximum absolute atomic E-state index is 5.72. The van der Waals surface area contributed by atoms with E-state index in [0.717, 1.165) is 12.3 Å². The predicted molar refractivity (Wildman–Crippen MR) is 72.5 cm³/mol. The Morgan fingerprint density at radius 3 is 2.18 bits per heavy atom. The molecule has 0 fully saturated rings. The zero-order valence-corrected chi connectivity index (χ0v) is 12.0. The third kappa shape index (κ3) is 4.37. The lowest BCUT2D eigenvalue weighted by atomic mass is 9.88. The van der Waals surface area contributed by atoms with E-state index in [1.54, 1.807) is 0 Å². The monoisotopic (exact) mass is 235 g/mol. The number of rotatable bonds is 4. The molecule has 1 aromatic rings. The molecule has 0 aromatic carbocycles. The van der Waals surface area contributed by atoms with Crippen LogP contribution in [0.15, 0.2) is 18.3 Å². The first-order valence-electron chi connectivity index (χ1n) is 6.34. The minimum atomic E-state index is 0.147. The Kier molecular flexibility index (Phi) is 4.18. The summed E-state index contributed by atoms with van der Waals surface area (Å²) < 4.78 is 5.72. The largest absolute Gasteiger partial charge is 0.477 e. The Hall–Kier alpha value is -1.05. The zero-order chi connectivity index (χ0) is 13.1. The van der Waals surface area contributed by atoms with E-state index in [2.05, 4.69) is 52.6 Å². The minimum absolute atomic E-state index is 0.147. The highest BCUT2D eigenvalue weighted by molar-refractivity contribution is 5.23. The highest BCUT2D eigenvalue weighted by atomic mass is 16.5. The summed E-state index contributed by atoms with van der Waals surface area (Å²) >= 11 is 0. The maximum Gasteiger partial charge on any atom is 0.213 e. The van der Waals surface area contributed by atoms with Gasteiger partial charge < -0.3 is 4.74 Å². The van der Waals surface area contributed by atoms with Crippen molar-refractivity contribution in [2.45, 2.75) is 53.4 Å². The van der Waals surface area contributed by atoms with Gasteiger partial charge in [-0.25, -0.2) is 4.98 Å². The van der Waals surface area contributed by atoms with Crippen molar-refractivity contribution in [3.8, 4) is 5.88 Å². The summed E-state index contributed by atoms with van der Waals surface area (Å²) in [5, 5.41) is 0. The van der Waals surface area contributed by atoms with Crippen LogP contribution in [0.2, 0.25) is 0 Å². The predicted octanol–water partition coefficient (Wildman–Crippen LogP) is 4.19. The molecule has 0 spiro atoms. The molecule has 17 heavy (non-hydrogen) atoms. The molecule has 2 nitrogen and oxygen atoms in total. The van der Waals surface area contributed by atoms with Crippen LogP contribution in [0, 0.1) is 5.41 Å². The van der Waals surface area contributed by atoms with Gasteiger partial charge in [-0.2, -0.15) is 0 Å². The van der Waals surface area contributed by atoms with Gasteiger partial charge in [0.1, 0.15) is 0 Å². The summed E-state index contributed by atoms with van der Waals surface area (Å²) in [5.41, 5.74) is 1.60. The van der Waals surface area contributed by atoms with Crippen molar-refractivity contribution in [2.75, 3.05) is 6.61 Å². The van der Waals surface area contributed by atoms with Gasteiger partial charge in [-0.3, -0.25) is 0 Å². The summed E-state index contributed by atoms with van der Waals surface area (Å²) in [4.78, 5) is 4.36. The Balaban J connectivity index is 2.64. The lowest BCUT2D eigenvalue weighted by Crippen LogP contribution is -2.20. The first-order valence-corrected chi connectivity index (χ1v) is 6.34. The van der Waals surface area contributed by atoms with Gasteiger partial charge in [-0.15, -0.1) is 0 Å². The summed E-state index contributed by atoms with van der Waals surface area (Å²) in [5.74, 6) is 0.722. The molecule has 0 radical (unpaired) electrons. The van der Waals surface area contributed by atoms with Gasteiger partial charge in [0, 0.05) is 12.3 Å². The van der Waals surface area contributed by atoms with Crippen LogP contribution in [0.4, 0.5) is 0 Å². The van der Waals surface area contributed by atoms with E-state index in [4.69, 9.17) is 4.74 Å². The highest BCUT2D eigenvalue weighted by Gasteiger charge is 2.17. The molecular formula is C15H25NO. The molecule has 0 aliphatic rings. The van der Waals surface area contributed by atoms with E-state index >= 15 is 0 Å². The number of pyridine rings is 1. The van der Waals surface area contributed by atoms with Crippen LogP contribution in [0.25, 0.3) is 0 Å². The van der Waals surface area contributed by atoms with Crippen LogP contribution in [-0.4, -0.2) is 11.6 Å². The molecule has 0 amide bonds. The lowest BCUT2D eigenvalue weighted by Gasteiger charge is -2.23. The molecular weight excluding hydrogens is 210 g/mol. The van der Waals surface area contributed by atoms with Gasteiger partial charge in [-0.05, 0) is 22.8 Å². The molecule has 0 unspecified atom stereocenters. The third-order valence-corrected chi connectivity index (χ3v) is 3.17. The van der Waals surface area contributed by atoms with Crippen molar-refractivity contribution in [1.82, 2.24) is 4.98 Å². The number of ether oxygens (including phenoxy) is 1. The first-order chi connectivity index (χ1) is 7.74. The number of hydrogen-bond donors (Lipinski definition) is 0. The molecule has 0 saturated heterocycles. The van der Waals surface area contributed by atoms with Gasteiger partial charge in [-0.1, -0.05) is 47.6 Å². The summed E-state index contributed by atoms with van der Waals surface area (Å²) in [6, 6.07) is 4.06. The molecule has 2 heteroatoms. The Bertz CT molecular complexity index is 346. The van der Waals surface area contributed by atoms with E-state index < -0.39 is 0 Å². The van der Waals surface area contributed by atoms with Gasteiger partial charge in [0.2, 0.25) is 5.88 Å². The van der Waals surface area contributed by atoms with Crippen molar-refractivity contribution in [3.63, 3.8) is 0 Å². The normalized spacial score (nSPS) is 12.6. The summed E-state index contributed by atoms with van der Waals surface area (Å²) in [6.07, 6.45) is 3.02. The van der Waals surface area contributed by atoms with Crippen LogP contribution in [-0.2, 0) is 5.41 Å². The van der Waals surface area contributed by atoms with E-state index in [9.17, 15) is 0 Å². The molecule has 96 valence electrons. The van der Waals surface area contributed by atoms with Crippen molar-refractivity contribution >= 4 is 0 Å². The fourth-order valence-corrected chi connectivity index (χ4v) is 1.28. The van der Waals surface area contributed by atoms with Gasteiger partial charge in [0.05, 0.1) is 6.61 Å². The van der Waals surface area contributed by atoms with Gasteiger partial charge in [0.25, 0.3) is 0 Å². The van der Waals surface area contributed by atoms with Crippen molar-refractivity contribution in [1.29, 1.82) is 0 Å². The van der Waals surface area contributed by atoms with Crippen LogP contribution in [0.3, 0.4) is 0 Å². The number of hydrogen-bond acceptors (Lipinski definition) is 2. The van der Waals surface area contributed by atoms with Crippen molar-refractivity contribution < 1.29 is 4.74 Å². The molecule has 1 rings (SSSR count). The first kappa shape index (κ1) is 14.0.